The van der Waals surface area contributed by atoms with Crippen molar-refractivity contribution < 1.29 is 66.9 Å². The Hall–Kier alpha value is -8.04. The minimum atomic E-state index is -1.58. The molecule has 1 aliphatic heterocycles. The largest absolute Gasteiger partial charge is 0.451 e. The smallest absolute Gasteiger partial charge is 0.329 e. The van der Waals surface area contributed by atoms with Gasteiger partial charge in [0.15, 0.2) is 36.0 Å². The van der Waals surface area contributed by atoms with Crippen LogP contribution < -0.4 is 0 Å². The summed E-state index contributed by atoms with van der Waals surface area (Å²) in [6, 6.07) is 8.89. The van der Waals surface area contributed by atoms with Gasteiger partial charge in [0.2, 0.25) is 0 Å². The zero-order valence-corrected chi connectivity index (χ0v) is 52.8. The Morgan fingerprint density at radius 2 is 0.674 bits per heavy atom. The molecule has 0 unspecified atom stereocenters. The summed E-state index contributed by atoms with van der Waals surface area (Å²) < 4.78 is 27.4. The van der Waals surface area contributed by atoms with Crippen molar-refractivity contribution in [3.8, 4) is 0 Å². The number of Topliss-reactive ketones (excluding diaryl/α,β-unsaturated/α-hetero) is 2. The molecule has 2 aromatic heterocycles. The fourth-order valence-electron chi connectivity index (χ4n) is 10.1. The van der Waals surface area contributed by atoms with Gasteiger partial charge in [-0.05, 0) is 99.3 Å². The predicted octanol–water partition coefficient (Wildman–Crippen LogP) is 6.56. The number of esters is 4. The molecule has 1 fully saturated rings. The third-order valence-corrected chi connectivity index (χ3v) is 15.1. The molecule has 1 aliphatic rings. The average Bonchev–Trinajstić information content (AvgIpc) is 2.65. The maximum Gasteiger partial charge on any atom is 0.329 e. The molecule has 8 atom stereocenters. The van der Waals surface area contributed by atoms with E-state index < -0.39 is 96.1 Å². The summed E-state index contributed by atoms with van der Waals surface area (Å²) >= 11 is 0. The SMILES string of the molecule is CC(=O)c1cnn(Cc2ccc(C[C@H]3OC(=O)[C@H](CC(C)C)N(C)C(=O)[C@@H](C)OC(=O)[C@H](CC(C)C)N(C)C(=O)[C@@H](Cc4ccc(Cn5cc(C(C)=O)cn5)cc4)OC(=O)[C@H](CC(C)C)N(C)C(=O)[C@@H](C)OC(=O)[C@H](CC(C)C)N(C)C3=O)cc2)c1. The van der Waals surface area contributed by atoms with E-state index in [9.17, 15) is 38.4 Å². The minimum Gasteiger partial charge on any atom is -0.451 e. The number of carbonyl (C=O) groups excluding carboxylic acids is 10. The van der Waals surface area contributed by atoms with Crippen LogP contribution in [0.2, 0.25) is 0 Å². The summed E-state index contributed by atoms with van der Waals surface area (Å²) in [4.78, 5) is 146. The van der Waals surface area contributed by atoms with Gasteiger partial charge in [0.05, 0.1) is 36.6 Å². The van der Waals surface area contributed by atoms with Gasteiger partial charge in [-0.2, -0.15) is 10.2 Å². The van der Waals surface area contributed by atoms with Crippen LogP contribution >= 0.6 is 0 Å². The molecule has 0 N–H and O–H groups in total. The van der Waals surface area contributed by atoms with Crippen molar-refractivity contribution in [1.82, 2.24) is 39.2 Å². The lowest BCUT2D eigenvalue weighted by atomic mass is 9.99. The van der Waals surface area contributed by atoms with Gasteiger partial charge in [0, 0.05) is 53.4 Å². The normalized spacial score (nSPS) is 22.4. The van der Waals surface area contributed by atoms with Gasteiger partial charge >= 0.3 is 23.9 Å². The highest BCUT2D eigenvalue weighted by Gasteiger charge is 2.43. The van der Waals surface area contributed by atoms with E-state index in [-0.39, 0.29) is 73.8 Å². The predicted molar refractivity (Wildman–Crippen MR) is 318 cm³/mol. The second kappa shape index (κ2) is 30.9. The summed E-state index contributed by atoms with van der Waals surface area (Å²) in [6.45, 7) is 20.9. The first-order valence-corrected chi connectivity index (χ1v) is 29.5. The minimum absolute atomic E-state index is 0.0506. The molecule has 0 aliphatic carbocycles. The first-order valence-electron chi connectivity index (χ1n) is 29.5. The highest BCUT2D eigenvalue weighted by molar-refractivity contribution is 5.95. The van der Waals surface area contributed by atoms with Crippen LogP contribution in [0, 0.1) is 23.7 Å². The molecular weight excluding hydrogens is 1100 g/mol. The Labute approximate surface area is 505 Å². The van der Waals surface area contributed by atoms with Gasteiger partial charge in [-0.3, -0.25) is 38.1 Å². The van der Waals surface area contributed by atoms with Crippen molar-refractivity contribution in [2.24, 2.45) is 23.7 Å². The lowest BCUT2D eigenvalue weighted by Gasteiger charge is -2.35. The quantitative estimate of drug-likeness (QED) is 0.0581. The van der Waals surface area contributed by atoms with E-state index >= 15 is 9.59 Å². The molecule has 0 spiro atoms. The number of hydrogen-bond acceptors (Lipinski definition) is 16. The highest BCUT2D eigenvalue weighted by Crippen LogP contribution is 2.25. The molecule has 22 heteroatoms. The van der Waals surface area contributed by atoms with E-state index in [0.717, 1.165) is 30.7 Å². The van der Waals surface area contributed by atoms with Crippen LogP contribution in [0.25, 0.3) is 0 Å². The number of benzene rings is 2. The maximum absolute atomic E-state index is 15.0. The number of carbonyl (C=O) groups is 10. The molecule has 22 nitrogen and oxygen atoms in total. The van der Waals surface area contributed by atoms with Crippen molar-refractivity contribution in [3.05, 3.63) is 107 Å². The molecule has 5 rings (SSSR count). The van der Waals surface area contributed by atoms with E-state index in [1.54, 1.807) is 70.3 Å². The van der Waals surface area contributed by atoms with Crippen LogP contribution in [0.1, 0.15) is 152 Å². The third kappa shape index (κ3) is 19.0. The first kappa shape index (κ1) is 68.7. The van der Waals surface area contributed by atoms with Gasteiger partial charge in [0.25, 0.3) is 23.6 Å². The van der Waals surface area contributed by atoms with Crippen LogP contribution in [-0.2, 0) is 83.2 Å². The van der Waals surface area contributed by atoms with E-state index in [4.69, 9.17) is 18.9 Å². The van der Waals surface area contributed by atoms with Crippen LogP contribution in [-0.4, -0.2) is 175 Å². The van der Waals surface area contributed by atoms with Gasteiger partial charge in [0.1, 0.15) is 24.2 Å². The highest BCUT2D eigenvalue weighted by atomic mass is 16.6. The van der Waals surface area contributed by atoms with E-state index in [2.05, 4.69) is 10.2 Å². The number of aromatic nitrogens is 4. The van der Waals surface area contributed by atoms with E-state index in [1.165, 1.54) is 68.3 Å². The van der Waals surface area contributed by atoms with Crippen LogP contribution in [0.3, 0.4) is 0 Å². The van der Waals surface area contributed by atoms with Gasteiger partial charge in [-0.25, -0.2) is 19.2 Å². The standard InChI is InChI=1S/C64H88N8O14/c1-37(2)25-51-61(79)83-43(11)57(75)67(13)54(28-40(7)8)64(82)86-56(30-46-19-23-48(24-20-46)34-72-36-50(32-66-72)42(10)74)60(78)70(16)52(26-38(3)4)62(80)84-44(12)58(76)68(14)53(27-39(5)6)63(81)85-55(59(77)69(51)15)29-45-17-21-47(22-18-45)33-71-35-49(31-65-71)41(9)73/h17-24,31-32,35-40,43-44,51-56H,25-30,33-34H2,1-16H3/t43-,44-,51+,52+,53+,54+,55-,56-/m1/s1. The first-order chi connectivity index (χ1) is 40.3. The summed E-state index contributed by atoms with van der Waals surface area (Å²) in [6.07, 6.45) is -0.140. The van der Waals surface area contributed by atoms with Gasteiger partial charge in [-0.1, -0.05) is 104 Å². The van der Waals surface area contributed by atoms with Crippen LogP contribution in [0.5, 0.6) is 0 Å². The molecule has 468 valence electrons. The Kier molecular flexibility index (Phi) is 24.7. The average molecular weight is 1190 g/mol. The van der Waals surface area contributed by atoms with Crippen molar-refractivity contribution in [2.45, 2.75) is 183 Å². The molecule has 0 bridgehead atoms. The topological polar surface area (TPSA) is 256 Å². The summed E-state index contributed by atoms with van der Waals surface area (Å²) in [5.41, 5.74) is 3.64. The molecule has 1 saturated heterocycles. The number of amides is 4. The van der Waals surface area contributed by atoms with Crippen LogP contribution in [0.4, 0.5) is 0 Å². The summed E-state index contributed by atoms with van der Waals surface area (Å²) in [7, 11) is 5.47. The van der Waals surface area contributed by atoms with Crippen molar-refractivity contribution >= 4 is 59.1 Å². The fourth-order valence-corrected chi connectivity index (χ4v) is 10.1. The molecule has 86 heavy (non-hydrogen) atoms. The molecule has 3 heterocycles. The lowest BCUT2D eigenvalue weighted by Crippen LogP contribution is -2.55. The number of nitrogens with zero attached hydrogens (tertiary/aromatic N) is 8. The number of ketones is 2. The number of ether oxygens (including phenoxy) is 4. The molecule has 4 amide bonds. The Balaban J connectivity index is 1.58. The molecule has 4 aromatic rings. The fraction of sp³-hybridized carbons (Fsp3) is 0.562. The van der Waals surface area contributed by atoms with Gasteiger partial charge < -0.3 is 38.5 Å². The molecule has 2 aromatic carbocycles. The number of cyclic esters (lactones) is 4. The Bertz CT molecular complexity index is 2820. The summed E-state index contributed by atoms with van der Waals surface area (Å²) in [5, 5.41) is 8.55. The monoisotopic (exact) mass is 1190 g/mol. The number of likely N-dealkylation sites (N-methyl/N-ethyl adjacent to an activating group) is 4. The van der Waals surface area contributed by atoms with E-state index in [1.807, 2.05) is 55.4 Å². The molecule has 0 radical (unpaired) electrons. The molecular formula is C64H88N8O14. The van der Waals surface area contributed by atoms with Crippen molar-refractivity contribution in [1.29, 1.82) is 0 Å². The van der Waals surface area contributed by atoms with Crippen LogP contribution in [0.15, 0.2) is 73.3 Å². The number of hydrogen-bond donors (Lipinski definition) is 0. The molecule has 0 saturated carbocycles. The zero-order valence-electron chi connectivity index (χ0n) is 52.8. The van der Waals surface area contributed by atoms with Crippen molar-refractivity contribution in [2.75, 3.05) is 28.2 Å². The second-order valence-corrected chi connectivity index (χ2v) is 24.4. The zero-order chi connectivity index (χ0) is 64.0. The van der Waals surface area contributed by atoms with Gasteiger partial charge in [-0.15, -0.1) is 0 Å². The maximum atomic E-state index is 15.0. The third-order valence-electron chi connectivity index (χ3n) is 15.1. The number of rotatable bonds is 18. The Morgan fingerprint density at radius 3 is 0.930 bits per heavy atom. The van der Waals surface area contributed by atoms with Crippen molar-refractivity contribution in [3.63, 3.8) is 0 Å². The lowest BCUT2D eigenvalue weighted by molar-refractivity contribution is -0.176. The summed E-state index contributed by atoms with van der Waals surface area (Å²) in [5.74, 6) is -8.09. The Morgan fingerprint density at radius 1 is 0.419 bits per heavy atom. The second-order valence-electron chi connectivity index (χ2n) is 24.4. The van der Waals surface area contributed by atoms with E-state index in [0.29, 0.717) is 35.3 Å².